The number of nitrogens with one attached hydrogen (secondary N) is 1. The predicted octanol–water partition coefficient (Wildman–Crippen LogP) is 2.80. The molecule has 2 aromatic rings. The molecule has 2 aliphatic rings. The van der Waals surface area contributed by atoms with Gasteiger partial charge in [-0.3, -0.25) is 20.2 Å². The summed E-state index contributed by atoms with van der Waals surface area (Å²) in [4.78, 5) is 28.4. The van der Waals surface area contributed by atoms with Crippen LogP contribution in [0.25, 0.3) is 5.57 Å². The smallest absolute Gasteiger partial charge is 0.313 e. The van der Waals surface area contributed by atoms with Gasteiger partial charge < -0.3 is 14.7 Å². The van der Waals surface area contributed by atoms with Crippen molar-refractivity contribution in [1.82, 2.24) is 20.4 Å². The summed E-state index contributed by atoms with van der Waals surface area (Å²) in [6.45, 7) is 6.25. The van der Waals surface area contributed by atoms with Gasteiger partial charge in [-0.05, 0) is 65.1 Å². The standard InChI is InChI=1S/C27H33F2N5O4S/c1-5-34(27(30-4)10-8-18(9-11-27)38-15(2)3)26(37)22-24(36)23(35)19(14-31-22)25-33-32-21(39-25)12-16-6-7-17(28)13-20(16)29/h6-7,13-15,18,30,36H,5,8-12H2,1-4H3,(H,31,35)/p+1. The quantitative estimate of drug-likeness (QED) is 0.402. The number of carbonyl (C=O) groups is 2. The molecule has 1 amide bonds. The maximum atomic E-state index is 14.0. The van der Waals surface area contributed by atoms with Gasteiger partial charge in [0.25, 0.3) is 0 Å². The van der Waals surface area contributed by atoms with Crippen molar-refractivity contribution in [2.24, 2.45) is 0 Å². The lowest BCUT2D eigenvalue weighted by Crippen LogP contribution is -2.81. The normalized spacial score (nSPS) is 21.9. The summed E-state index contributed by atoms with van der Waals surface area (Å²) in [5, 5.41) is 24.3. The molecule has 39 heavy (non-hydrogen) atoms. The van der Waals surface area contributed by atoms with Crippen molar-refractivity contribution in [3.8, 4) is 0 Å². The molecule has 12 heteroatoms. The number of ketones is 1. The third-order valence-corrected chi connectivity index (χ3v) is 8.14. The zero-order valence-corrected chi connectivity index (χ0v) is 23.3. The molecule has 9 nitrogen and oxygen atoms in total. The Labute approximate surface area is 230 Å². The number of nitrogens with zero attached hydrogens (tertiary/aromatic N) is 3. The van der Waals surface area contributed by atoms with Gasteiger partial charge >= 0.3 is 5.91 Å². The first-order chi connectivity index (χ1) is 18.6. The predicted molar refractivity (Wildman–Crippen MR) is 141 cm³/mol. The number of hydrogen-bond donors (Lipinski definition) is 3. The highest BCUT2D eigenvalue weighted by Gasteiger charge is 2.45. The van der Waals surface area contributed by atoms with E-state index >= 15 is 0 Å². The van der Waals surface area contributed by atoms with Crippen molar-refractivity contribution >= 4 is 28.6 Å². The number of aliphatic hydroxyl groups is 1. The van der Waals surface area contributed by atoms with Gasteiger partial charge in [0.15, 0.2) is 5.01 Å². The summed E-state index contributed by atoms with van der Waals surface area (Å²) in [7, 11) is 1.81. The third-order valence-electron chi connectivity index (χ3n) is 7.18. The SMILES string of the molecule is CCN(C(=O)C1=C(O)C(=O)C(c2nnc(Cc3ccc(F)cc3F)s2)=C[NH2+]1)C1(NC)CCC(OC(C)C)CC1. The van der Waals surface area contributed by atoms with Gasteiger partial charge in [-0.1, -0.05) is 17.4 Å². The lowest BCUT2D eigenvalue weighted by atomic mass is 9.85. The number of aromatic nitrogens is 2. The van der Waals surface area contributed by atoms with Crippen LogP contribution in [0.3, 0.4) is 0 Å². The van der Waals surface area contributed by atoms with E-state index < -0.39 is 34.7 Å². The molecule has 4 rings (SSSR count). The zero-order chi connectivity index (χ0) is 28.3. The van der Waals surface area contributed by atoms with E-state index in [0.29, 0.717) is 24.4 Å². The Morgan fingerprint density at radius 2 is 2.03 bits per heavy atom. The molecular weight excluding hydrogens is 528 g/mol. The number of amides is 1. The van der Waals surface area contributed by atoms with Crippen molar-refractivity contribution in [3.63, 3.8) is 0 Å². The van der Waals surface area contributed by atoms with Crippen molar-refractivity contribution in [3.05, 3.63) is 63.1 Å². The molecule has 0 atom stereocenters. The monoisotopic (exact) mass is 562 g/mol. The third kappa shape index (κ3) is 6.08. The fraction of sp³-hybridized carbons (Fsp3) is 0.481. The van der Waals surface area contributed by atoms with Crippen molar-refractivity contribution in [1.29, 1.82) is 0 Å². The number of allylic oxidation sites excluding steroid dienone is 1. The Morgan fingerprint density at radius 3 is 2.64 bits per heavy atom. The number of likely N-dealkylation sites (N-methyl/N-ethyl adjacent to an activating group) is 1. The molecule has 0 unspecified atom stereocenters. The Morgan fingerprint density at radius 1 is 1.31 bits per heavy atom. The first-order valence-corrected chi connectivity index (χ1v) is 13.9. The van der Waals surface area contributed by atoms with Gasteiger partial charge in [0.05, 0.1) is 17.9 Å². The van der Waals surface area contributed by atoms with E-state index in [-0.39, 0.29) is 40.5 Å². The van der Waals surface area contributed by atoms with Crippen molar-refractivity contribution < 1.29 is 33.5 Å². The number of quaternary nitrogens is 1. The Hall–Kier alpha value is -3.06. The molecule has 210 valence electrons. The van der Waals surface area contributed by atoms with Crippen LogP contribution >= 0.6 is 11.3 Å². The number of aliphatic hydroxyl groups excluding tert-OH is 1. The van der Waals surface area contributed by atoms with E-state index in [2.05, 4.69) is 15.5 Å². The van der Waals surface area contributed by atoms with E-state index in [0.717, 1.165) is 36.3 Å². The highest BCUT2D eigenvalue weighted by Crippen LogP contribution is 2.34. The van der Waals surface area contributed by atoms with Crippen molar-refractivity contribution in [2.45, 2.75) is 70.7 Å². The molecule has 1 saturated carbocycles. The number of Topliss-reactive ketones (excluding diaryl/α,β-unsaturated/α-hetero) is 1. The summed E-state index contributed by atoms with van der Waals surface area (Å²) in [6.07, 6.45) is 4.67. The molecule has 0 radical (unpaired) electrons. The number of nitrogens with two attached hydrogens (primary N) is 1. The maximum Gasteiger partial charge on any atom is 0.313 e. The van der Waals surface area contributed by atoms with Crippen LogP contribution in [0.4, 0.5) is 8.78 Å². The molecule has 1 aliphatic heterocycles. The largest absolute Gasteiger partial charge is 0.500 e. The first kappa shape index (κ1) is 28.9. The topological polar surface area (TPSA) is 121 Å². The van der Waals surface area contributed by atoms with E-state index in [1.54, 1.807) is 4.90 Å². The van der Waals surface area contributed by atoms with E-state index in [4.69, 9.17) is 4.74 Å². The fourth-order valence-electron chi connectivity index (χ4n) is 5.20. The van der Waals surface area contributed by atoms with Crippen LogP contribution in [0.15, 0.2) is 35.9 Å². The Bertz CT molecular complexity index is 1300. The van der Waals surface area contributed by atoms with Crippen LogP contribution < -0.4 is 10.6 Å². The minimum atomic E-state index is -0.736. The van der Waals surface area contributed by atoms with Crippen LogP contribution in [-0.4, -0.2) is 63.4 Å². The fourth-order valence-corrected chi connectivity index (χ4v) is 6.09. The summed E-state index contributed by atoms with van der Waals surface area (Å²) in [6, 6.07) is 3.29. The zero-order valence-electron chi connectivity index (χ0n) is 22.5. The Kier molecular flexibility index (Phi) is 8.90. The van der Waals surface area contributed by atoms with Crippen LogP contribution in [0.5, 0.6) is 0 Å². The van der Waals surface area contributed by atoms with Gasteiger partial charge in [0.2, 0.25) is 17.2 Å². The van der Waals surface area contributed by atoms with Gasteiger partial charge in [0.1, 0.15) is 28.4 Å². The summed E-state index contributed by atoms with van der Waals surface area (Å²) in [5.41, 5.74) is -0.377. The second-order valence-electron chi connectivity index (χ2n) is 9.97. The molecule has 0 saturated heterocycles. The number of ether oxygens (including phenoxy) is 1. The van der Waals surface area contributed by atoms with Gasteiger partial charge in [0, 0.05) is 19.0 Å². The van der Waals surface area contributed by atoms with Crippen LogP contribution in [0.1, 0.15) is 62.0 Å². The van der Waals surface area contributed by atoms with Crippen LogP contribution in [-0.2, 0) is 20.7 Å². The minimum Gasteiger partial charge on any atom is -0.500 e. The first-order valence-electron chi connectivity index (χ1n) is 13.0. The molecule has 0 spiro atoms. The number of halogens is 2. The average molecular weight is 563 g/mol. The maximum absolute atomic E-state index is 14.0. The Balaban J connectivity index is 1.49. The van der Waals surface area contributed by atoms with Gasteiger partial charge in [-0.2, -0.15) is 0 Å². The average Bonchev–Trinajstić information content (AvgIpc) is 3.36. The highest BCUT2D eigenvalue weighted by molar-refractivity contribution is 7.12. The molecule has 1 aromatic heterocycles. The van der Waals surface area contributed by atoms with Crippen LogP contribution in [0, 0.1) is 11.6 Å². The molecular formula is C27H34F2N5O4S+. The van der Waals surface area contributed by atoms with Crippen molar-refractivity contribution in [2.75, 3.05) is 13.6 Å². The molecule has 1 aromatic carbocycles. The second-order valence-corrected chi connectivity index (χ2v) is 11.0. The highest BCUT2D eigenvalue weighted by atomic mass is 32.1. The van der Waals surface area contributed by atoms with E-state index in [1.807, 2.05) is 27.8 Å². The molecule has 0 bridgehead atoms. The molecule has 1 aliphatic carbocycles. The molecule has 4 N–H and O–H groups in total. The lowest BCUT2D eigenvalue weighted by molar-refractivity contribution is -0.531. The summed E-state index contributed by atoms with van der Waals surface area (Å²) in [5.74, 6) is -3.20. The number of hydrogen-bond acceptors (Lipinski definition) is 8. The van der Waals surface area contributed by atoms with Gasteiger partial charge in [-0.15, -0.1) is 10.2 Å². The van der Waals surface area contributed by atoms with Crippen LogP contribution in [0.2, 0.25) is 0 Å². The number of carbonyl (C=O) groups excluding carboxylic acids is 2. The molecule has 1 fully saturated rings. The van der Waals surface area contributed by atoms with E-state index in [1.165, 1.54) is 17.6 Å². The number of benzene rings is 1. The second kappa shape index (κ2) is 12.0. The summed E-state index contributed by atoms with van der Waals surface area (Å²) >= 11 is 1.06. The lowest BCUT2D eigenvalue weighted by Gasteiger charge is -2.47. The number of rotatable bonds is 9. The van der Waals surface area contributed by atoms with E-state index in [9.17, 15) is 23.5 Å². The van der Waals surface area contributed by atoms with Gasteiger partial charge in [-0.25, -0.2) is 8.78 Å². The minimum absolute atomic E-state index is 0.0706. The molecule has 2 heterocycles. The summed E-state index contributed by atoms with van der Waals surface area (Å²) < 4.78 is 33.2.